The highest BCUT2D eigenvalue weighted by atomic mass is 16.7. The van der Waals surface area contributed by atoms with Gasteiger partial charge in [0.05, 0.1) is 17.6 Å². The van der Waals surface area contributed by atoms with Crippen molar-refractivity contribution in [3.8, 4) is 5.75 Å². The molecule has 7 heteroatoms. The maximum Gasteiger partial charge on any atom is 0.240 e. The van der Waals surface area contributed by atoms with Gasteiger partial charge in [-0.15, -0.1) is 0 Å². The number of rotatable bonds is 11. The summed E-state index contributed by atoms with van der Waals surface area (Å²) >= 11 is 0. The van der Waals surface area contributed by atoms with E-state index in [9.17, 15) is 9.90 Å². The Labute approximate surface area is 207 Å². The lowest BCUT2D eigenvalue weighted by Crippen LogP contribution is -2.53. The third-order valence-corrected chi connectivity index (χ3v) is 6.31. The molecule has 1 amide bonds. The largest absolute Gasteiger partial charge is 0.508 e. The number of hydrogen-bond donors (Lipinski definition) is 2. The predicted molar refractivity (Wildman–Crippen MR) is 138 cm³/mol. The number of nitrogens with zero attached hydrogens (tertiary/aromatic N) is 2. The number of aromatic nitrogens is 1. The lowest BCUT2D eigenvalue weighted by atomic mass is 9.95. The van der Waals surface area contributed by atoms with Crippen LogP contribution in [-0.2, 0) is 27.2 Å². The number of fused-ring (bicyclic) bond motifs is 1. The number of benzene rings is 2. The molecule has 0 aliphatic carbocycles. The third-order valence-electron chi connectivity index (χ3n) is 6.31. The summed E-state index contributed by atoms with van der Waals surface area (Å²) in [6.45, 7) is 10.8. The average molecular weight is 480 g/mol. The fraction of sp³-hybridized carbons (Fsp3) is 0.429. The van der Waals surface area contributed by atoms with Crippen molar-refractivity contribution in [3.63, 3.8) is 0 Å². The number of amides is 1. The van der Waals surface area contributed by atoms with Crippen LogP contribution in [0.4, 0.5) is 0 Å². The first kappa shape index (κ1) is 26.6. The predicted octanol–water partition coefficient (Wildman–Crippen LogP) is 4.24. The lowest BCUT2D eigenvalue weighted by Gasteiger charge is -2.36. The van der Waals surface area contributed by atoms with Gasteiger partial charge in [-0.1, -0.05) is 24.3 Å². The van der Waals surface area contributed by atoms with Gasteiger partial charge in [0.2, 0.25) is 5.91 Å². The number of pyridine rings is 1. The molecule has 0 aliphatic rings. The van der Waals surface area contributed by atoms with E-state index in [0.29, 0.717) is 26.2 Å². The van der Waals surface area contributed by atoms with Crippen molar-refractivity contribution < 1.29 is 19.4 Å². The Kier molecular flexibility index (Phi) is 9.20. The van der Waals surface area contributed by atoms with Gasteiger partial charge < -0.3 is 25.2 Å². The summed E-state index contributed by atoms with van der Waals surface area (Å²) in [4.78, 5) is 20.2. The second-order valence-corrected chi connectivity index (χ2v) is 8.85. The highest BCUT2D eigenvalue weighted by Crippen LogP contribution is 2.24. The summed E-state index contributed by atoms with van der Waals surface area (Å²) in [6, 6.07) is 12.1. The van der Waals surface area contributed by atoms with Gasteiger partial charge in [0.1, 0.15) is 5.75 Å². The molecule has 2 unspecified atom stereocenters. The van der Waals surface area contributed by atoms with Crippen LogP contribution in [0.5, 0.6) is 5.75 Å². The van der Waals surface area contributed by atoms with E-state index < -0.39 is 12.3 Å². The van der Waals surface area contributed by atoms with E-state index in [2.05, 4.69) is 4.98 Å². The monoisotopic (exact) mass is 479 g/mol. The maximum atomic E-state index is 13.9. The highest BCUT2D eigenvalue weighted by molar-refractivity contribution is 5.84. The van der Waals surface area contributed by atoms with Gasteiger partial charge in [0.25, 0.3) is 0 Å². The van der Waals surface area contributed by atoms with E-state index >= 15 is 0 Å². The number of hydrogen-bond acceptors (Lipinski definition) is 6. The number of aryl methyl sites for hydroxylation is 2. The molecule has 1 aromatic heterocycles. The summed E-state index contributed by atoms with van der Waals surface area (Å²) in [5.74, 6) is 0.0142. The van der Waals surface area contributed by atoms with Crippen LogP contribution in [0.25, 0.3) is 10.9 Å². The molecule has 0 saturated heterocycles. The van der Waals surface area contributed by atoms with Crippen LogP contribution < -0.4 is 5.73 Å². The fourth-order valence-corrected chi connectivity index (χ4v) is 4.52. The quantitative estimate of drug-likeness (QED) is 0.399. The second kappa shape index (κ2) is 12.1. The van der Waals surface area contributed by atoms with Crippen molar-refractivity contribution >= 4 is 16.8 Å². The molecule has 0 fully saturated rings. The molecule has 35 heavy (non-hydrogen) atoms. The van der Waals surface area contributed by atoms with E-state index in [1.807, 2.05) is 65.0 Å². The minimum atomic E-state index is -0.772. The number of para-hydroxylation sites is 1. The van der Waals surface area contributed by atoms with Crippen LogP contribution in [0.15, 0.2) is 48.7 Å². The fourth-order valence-electron chi connectivity index (χ4n) is 4.52. The highest BCUT2D eigenvalue weighted by Gasteiger charge is 2.32. The third kappa shape index (κ3) is 6.36. The number of carbonyl (C=O) groups is 1. The second-order valence-electron chi connectivity index (χ2n) is 8.85. The molecule has 2 aromatic carbocycles. The zero-order valence-electron chi connectivity index (χ0n) is 21.3. The van der Waals surface area contributed by atoms with Crippen molar-refractivity contribution in [2.45, 2.75) is 66.0 Å². The number of phenols is 1. The Morgan fingerprint density at radius 1 is 1.09 bits per heavy atom. The first-order chi connectivity index (χ1) is 16.8. The molecule has 0 aliphatic heterocycles. The summed E-state index contributed by atoms with van der Waals surface area (Å²) in [5.41, 5.74) is 11.1. The van der Waals surface area contributed by atoms with Crippen LogP contribution >= 0.6 is 0 Å². The van der Waals surface area contributed by atoms with Crippen molar-refractivity contribution in [1.82, 2.24) is 9.88 Å². The molecule has 0 saturated carbocycles. The molecule has 1 heterocycles. The Morgan fingerprint density at radius 2 is 1.71 bits per heavy atom. The molecule has 2 atom stereocenters. The molecule has 3 N–H and O–H groups in total. The van der Waals surface area contributed by atoms with E-state index in [4.69, 9.17) is 15.2 Å². The number of nitrogens with two attached hydrogens (primary N) is 1. The maximum absolute atomic E-state index is 13.9. The zero-order chi connectivity index (χ0) is 25.5. The summed E-state index contributed by atoms with van der Waals surface area (Å²) < 4.78 is 11.7. The number of carbonyl (C=O) groups excluding carboxylic acids is 1. The van der Waals surface area contributed by atoms with Crippen LogP contribution in [0.1, 0.15) is 43.0 Å². The van der Waals surface area contributed by atoms with E-state index in [1.54, 1.807) is 23.2 Å². The van der Waals surface area contributed by atoms with Crippen LogP contribution in [0.3, 0.4) is 0 Å². The molecule has 3 aromatic rings. The number of phenolic OH excluding ortho intramolecular Hbond substituents is 1. The lowest BCUT2D eigenvalue weighted by molar-refractivity contribution is -0.179. The Hall–Kier alpha value is -3.00. The molecule has 188 valence electrons. The summed E-state index contributed by atoms with van der Waals surface area (Å²) in [6.07, 6.45) is 1.54. The van der Waals surface area contributed by atoms with Crippen LogP contribution in [-0.4, -0.2) is 52.5 Å². The van der Waals surface area contributed by atoms with Gasteiger partial charge in [0, 0.05) is 31.3 Å². The van der Waals surface area contributed by atoms with Gasteiger partial charge in [0.15, 0.2) is 6.29 Å². The Balaban J connectivity index is 1.95. The van der Waals surface area contributed by atoms with E-state index in [1.165, 1.54) is 0 Å². The van der Waals surface area contributed by atoms with Gasteiger partial charge in [-0.25, -0.2) is 0 Å². The molecular formula is C28H37N3O4. The topological polar surface area (TPSA) is 97.9 Å². The first-order valence-corrected chi connectivity index (χ1v) is 12.2. The molecule has 7 nitrogen and oxygen atoms in total. The van der Waals surface area contributed by atoms with Crippen molar-refractivity contribution in [2.24, 2.45) is 5.73 Å². The standard InChI is InChI=1S/C28H37N3O4/c1-6-34-28(35-7-2)20(5)31(17-22-11-8-10-21-12-9-13-30-26(21)22)27(33)25(29)16-24-18(3)14-23(32)15-19(24)4/h8-15,20,25,28,32H,6-7,16-17,29H2,1-5H3. The average Bonchev–Trinajstić information content (AvgIpc) is 2.83. The first-order valence-electron chi connectivity index (χ1n) is 12.2. The van der Waals surface area contributed by atoms with E-state index in [0.717, 1.165) is 33.2 Å². The molecule has 0 bridgehead atoms. The van der Waals surface area contributed by atoms with Crippen molar-refractivity contribution in [1.29, 1.82) is 0 Å². The minimum Gasteiger partial charge on any atom is -0.508 e. The van der Waals surface area contributed by atoms with Gasteiger partial charge in [-0.05, 0) is 81.5 Å². The number of ether oxygens (including phenoxy) is 2. The van der Waals surface area contributed by atoms with Gasteiger partial charge in [-0.2, -0.15) is 0 Å². The van der Waals surface area contributed by atoms with Crippen molar-refractivity contribution in [2.75, 3.05) is 13.2 Å². The van der Waals surface area contributed by atoms with E-state index in [-0.39, 0.29) is 17.7 Å². The molecule has 0 spiro atoms. The molecular weight excluding hydrogens is 442 g/mol. The minimum absolute atomic E-state index is 0.193. The Morgan fingerprint density at radius 3 is 2.34 bits per heavy atom. The summed E-state index contributed by atoms with van der Waals surface area (Å²) in [7, 11) is 0. The van der Waals surface area contributed by atoms with Gasteiger partial charge >= 0.3 is 0 Å². The molecule has 3 rings (SSSR count). The van der Waals surface area contributed by atoms with Crippen LogP contribution in [0, 0.1) is 13.8 Å². The van der Waals surface area contributed by atoms with Crippen molar-refractivity contribution in [3.05, 3.63) is 70.9 Å². The molecule has 0 radical (unpaired) electrons. The zero-order valence-corrected chi connectivity index (χ0v) is 21.3. The normalized spacial score (nSPS) is 13.2. The Bertz CT molecular complexity index is 1120. The summed E-state index contributed by atoms with van der Waals surface area (Å²) in [5, 5.41) is 10.9. The van der Waals surface area contributed by atoms with Gasteiger partial charge in [-0.3, -0.25) is 9.78 Å². The SMILES string of the molecule is CCOC(OCC)C(C)N(Cc1cccc2cccnc12)C(=O)C(N)Cc1c(C)cc(O)cc1C. The number of aromatic hydroxyl groups is 1. The van der Waals surface area contributed by atoms with Crippen LogP contribution in [0.2, 0.25) is 0 Å². The smallest absolute Gasteiger partial charge is 0.240 e.